The smallest absolute Gasteiger partial charge is 0.298 e. The maximum atomic E-state index is 13.4. The number of hydrogen-bond acceptors (Lipinski definition) is 6. The molecule has 3 aliphatic rings. The van der Waals surface area contributed by atoms with Crippen LogP contribution in [0.15, 0.2) is 52.9 Å². The molecular weight excluding hydrogens is 462 g/mol. The number of para-hydroxylation sites is 1. The van der Waals surface area contributed by atoms with Crippen LogP contribution in [0.25, 0.3) is 11.1 Å². The third-order valence-electron chi connectivity index (χ3n) is 8.86. The van der Waals surface area contributed by atoms with Crippen LogP contribution < -0.4 is 10.2 Å². The van der Waals surface area contributed by atoms with Crippen LogP contribution in [-0.2, 0) is 6.54 Å². The fourth-order valence-corrected chi connectivity index (χ4v) is 6.75. The summed E-state index contributed by atoms with van der Waals surface area (Å²) in [6.07, 6.45) is 6.85. The van der Waals surface area contributed by atoms with Crippen LogP contribution in [0.5, 0.6) is 0 Å². The second kappa shape index (κ2) is 10.5. The standard InChI is InChI=1S/C30H39N5O2/c1-3-23-20-34(19-21-9-5-4-6-10-21)15-16-35(23)30-32-28-26(13-8-14-27(28)37-30)29(36)31-22-17-24-11-7-12-25(18-22)33(24)2/h4-6,8-10,13-14,22-25H,3,7,11-12,15-20H2,1-2H3,(H,31,36)/t22?,23-,24?,25?/m0/s1. The highest BCUT2D eigenvalue weighted by atomic mass is 16.4. The SMILES string of the molecule is CC[C@H]1CN(Cc2ccccc2)CCN1c1nc2c(C(=O)NC3CC4CCCC(C3)N4C)cccc2o1. The number of carbonyl (C=O) groups excluding carboxylic acids is 1. The number of fused-ring (bicyclic) bond motifs is 3. The highest BCUT2D eigenvalue weighted by molar-refractivity contribution is 6.04. The summed E-state index contributed by atoms with van der Waals surface area (Å²) in [7, 11) is 2.25. The molecule has 3 aromatic rings. The predicted octanol–water partition coefficient (Wildman–Crippen LogP) is 4.67. The topological polar surface area (TPSA) is 64.8 Å². The molecule has 0 aliphatic carbocycles. The Morgan fingerprint density at radius 1 is 1.05 bits per heavy atom. The molecule has 196 valence electrons. The molecule has 4 heterocycles. The first-order valence-electron chi connectivity index (χ1n) is 14.0. The van der Waals surface area contributed by atoms with E-state index in [9.17, 15) is 4.79 Å². The molecule has 2 bridgehead atoms. The molecule has 37 heavy (non-hydrogen) atoms. The molecule has 3 aliphatic heterocycles. The molecule has 3 fully saturated rings. The van der Waals surface area contributed by atoms with Crippen molar-refractivity contribution in [2.45, 2.75) is 76.2 Å². The summed E-state index contributed by atoms with van der Waals surface area (Å²) >= 11 is 0. The molecule has 1 aromatic heterocycles. The van der Waals surface area contributed by atoms with Crippen LogP contribution in [-0.4, -0.2) is 71.5 Å². The first kappa shape index (κ1) is 24.4. The lowest BCUT2D eigenvalue weighted by Crippen LogP contribution is -2.55. The molecule has 1 amide bonds. The number of piperidine rings is 2. The van der Waals surface area contributed by atoms with E-state index in [1.165, 1.54) is 24.8 Å². The van der Waals surface area contributed by atoms with Gasteiger partial charge in [-0.2, -0.15) is 4.98 Å². The van der Waals surface area contributed by atoms with Gasteiger partial charge in [0.15, 0.2) is 5.58 Å². The first-order chi connectivity index (χ1) is 18.1. The number of benzene rings is 2. The van der Waals surface area contributed by atoms with Crippen molar-refractivity contribution >= 4 is 23.0 Å². The number of nitrogens with zero attached hydrogens (tertiary/aromatic N) is 4. The minimum Gasteiger partial charge on any atom is -0.423 e. The highest BCUT2D eigenvalue weighted by Gasteiger charge is 2.37. The molecule has 3 saturated heterocycles. The Morgan fingerprint density at radius 2 is 1.84 bits per heavy atom. The number of aromatic nitrogens is 1. The van der Waals surface area contributed by atoms with Crippen molar-refractivity contribution in [3.05, 3.63) is 59.7 Å². The Bertz CT molecular complexity index is 1210. The lowest BCUT2D eigenvalue weighted by atomic mass is 9.82. The van der Waals surface area contributed by atoms with Gasteiger partial charge in [0.25, 0.3) is 11.9 Å². The third kappa shape index (κ3) is 4.99. The van der Waals surface area contributed by atoms with Crippen LogP contribution in [0.3, 0.4) is 0 Å². The fraction of sp³-hybridized carbons (Fsp3) is 0.533. The Kier molecular flexibility index (Phi) is 6.91. The van der Waals surface area contributed by atoms with E-state index in [1.807, 2.05) is 18.2 Å². The van der Waals surface area contributed by atoms with Gasteiger partial charge in [-0.05, 0) is 56.8 Å². The van der Waals surface area contributed by atoms with Gasteiger partial charge in [-0.15, -0.1) is 0 Å². The summed E-state index contributed by atoms with van der Waals surface area (Å²) < 4.78 is 6.26. The Labute approximate surface area is 219 Å². The second-order valence-corrected chi connectivity index (χ2v) is 11.2. The van der Waals surface area contributed by atoms with Crippen molar-refractivity contribution in [2.24, 2.45) is 0 Å². The number of piperazine rings is 1. The fourth-order valence-electron chi connectivity index (χ4n) is 6.75. The zero-order chi connectivity index (χ0) is 25.4. The van der Waals surface area contributed by atoms with Gasteiger partial charge in [0.05, 0.1) is 5.56 Å². The lowest BCUT2D eigenvalue weighted by molar-refractivity contribution is 0.0463. The summed E-state index contributed by atoms with van der Waals surface area (Å²) in [5.41, 5.74) is 3.32. The molecule has 7 nitrogen and oxygen atoms in total. The van der Waals surface area contributed by atoms with E-state index >= 15 is 0 Å². The van der Waals surface area contributed by atoms with E-state index in [2.05, 4.69) is 64.3 Å². The van der Waals surface area contributed by atoms with Crippen LogP contribution in [0.2, 0.25) is 0 Å². The summed E-state index contributed by atoms with van der Waals surface area (Å²) in [5, 5.41) is 3.35. The zero-order valence-electron chi connectivity index (χ0n) is 22.1. The number of hydrogen-bond donors (Lipinski definition) is 1. The third-order valence-corrected chi connectivity index (χ3v) is 8.86. The molecule has 3 atom stereocenters. The van der Waals surface area contributed by atoms with Gasteiger partial charge in [0.1, 0.15) is 5.52 Å². The number of anilines is 1. The average molecular weight is 502 g/mol. The maximum absolute atomic E-state index is 13.4. The van der Waals surface area contributed by atoms with Crippen LogP contribution >= 0.6 is 0 Å². The van der Waals surface area contributed by atoms with E-state index in [1.54, 1.807) is 0 Å². The molecular formula is C30H39N5O2. The van der Waals surface area contributed by atoms with Gasteiger partial charge in [-0.1, -0.05) is 49.7 Å². The molecule has 2 aromatic carbocycles. The van der Waals surface area contributed by atoms with Crippen molar-refractivity contribution in [1.82, 2.24) is 20.1 Å². The van der Waals surface area contributed by atoms with Crippen molar-refractivity contribution < 1.29 is 9.21 Å². The van der Waals surface area contributed by atoms with Gasteiger partial charge in [-0.25, -0.2) is 0 Å². The number of rotatable bonds is 6. The van der Waals surface area contributed by atoms with E-state index < -0.39 is 0 Å². The number of amides is 1. The van der Waals surface area contributed by atoms with Crippen LogP contribution in [0, 0.1) is 0 Å². The van der Waals surface area contributed by atoms with Crippen molar-refractivity contribution in [3.8, 4) is 0 Å². The Balaban J connectivity index is 1.17. The summed E-state index contributed by atoms with van der Waals surface area (Å²) in [4.78, 5) is 25.7. The van der Waals surface area contributed by atoms with E-state index in [0.29, 0.717) is 40.8 Å². The minimum atomic E-state index is -0.0298. The average Bonchev–Trinajstić information content (AvgIpc) is 3.34. The molecule has 1 N–H and O–H groups in total. The summed E-state index contributed by atoms with van der Waals surface area (Å²) in [6.45, 7) is 5.97. The molecule has 0 spiro atoms. The lowest BCUT2D eigenvalue weighted by Gasteiger charge is -2.47. The van der Waals surface area contributed by atoms with E-state index in [4.69, 9.17) is 9.40 Å². The highest BCUT2D eigenvalue weighted by Crippen LogP contribution is 2.33. The predicted molar refractivity (Wildman–Crippen MR) is 147 cm³/mol. The van der Waals surface area contributed by atoms with Gasteiger partial charge >= 0.3 is 0 Å². The minimum absolute atomic E-state index is 0.0298. The molecule has 0 radical (unpaired) electrons. The van der Waals surface area contributed by atoms with Gasteiger partial charge in [-0.3, -0.25) is 9.69 Å². The number of carbonyl (C=O) groups is 1. The van der Waals surface area contributed by atoms with E-state index in [0.717, 1.165) is 45.4 Å². The summed E-state index contributed by atoms with van der Waals surface area (Å²) in [6, 6.07) is 18.7. The largest absolute Gasteiger partial charge is 0.423 e. The quantitative estimate of drug-likeness (QED) is 0.529. The van der Waals surface area contributed by atoms with Gasteiger partial charge < -0.3 is 19.5 Å². The van der Waals surface area contributed by atoms with Crippen molar-refractivity contribution in [3.63, 3.8) is 0 Å². The van der Waals surface area contributed by atoms with Crippen LogP contribution in [0.1, 0.15) is 61.4 Å². The van der Waals surface area contributed by atoms with Gasteiger partial charge in [0, 0.05) is 50.3 Å². The first-order valence-corrected chi connectivity index (χ1v) is 14.0. The molecule has 2 unspecified atom stereocenters. The van der Waals surface area contributed by atoms with E-state index in [-0.39, 0.29) is 11.9 Å². The second-order valence-electron chi connectivity index (χ2n) is 11.2. The molecule has 7 heteroatoms. The summed E-state index contributed by atoms with van der Waals surface area (Å²) in [5.74, 6) is -0.0298. The number of oxazole rings is 1. The monoisotopic (exact) mass is 501 g/mol. The van der Waals surface area contributed by atoms with Crippen LogP contribution in [0.4, 0.5) is 6.01 Å². The normalized spacial score (nSPS) is 26.9. The zero-order valence-corrected chi connectivity index (χ0v) is 22.1. The Hall–Kier alpha value is -2.90. The molecule has 0 saturated carbocycles. The van der Waals surface area contributed by atoms with Gasteiger partial charge in [0.2, 0.25) is 0 Å². The number of nitrogens with one attached hydrogen (secondary N) is 1. The Morgan fingerprint density at radius 3 is 2.59 bits per heavy atom. The molecule has 6 rings (SSSR count). The maximum Gasteiger partial charge on any atom is 0.298 e. The van der Waals surface area contributed by atoms with Crippen molar-refractivity contribution in [1.29, 1.82) is 0 Å². The van der Waals surface area contributed by atoms with Crippen molar-refractivity contribution in [2.75, 3.05) is 31.6 Å².